The van der Waals surface area contributed by atoms with Gasteiger partial charge in [0, 0.05) is 11.7 Å². The maximum absolute atomic E-state index is 6.03. The van der Waals surface area contributed by atoms with E-state index in [1.54, 1.807) is 17.4 Å². The van der Waals surface area contributed by atoms with Crippen molar-refractivity contribution in [2.45, 2.75) is 46.6 Å². The van der Waals surface area contributed by atoms with E-state index in [0.717, 1.165) is 17.9 Å². The van der Waals surface area contributed by atoms with E-state index in [-0.39, 0.29) is 5.92 Å². The van der Waals surface area contributed by atoms with Crippen LogP contribution in [0.5, 0.6) is 0 Å². The maximum Gasteiger partial charge on any atom is 0.247 e. The van der Waals surface area contributed by atoms with Crippen LogP contribution in [0.4, 0.5) is 0 Å². The van der Waals surface area contributed by atoms with Gasteiger partial charge in [-0.15, -0.1) is 0 Å². The average molecular weight is 369 g/mol. The van der Waals surface area contributed by atoms with Gasteiger partial charge in [0.2, 0.25) is 5.69 Å². The first kappa shape index (κ1) is 19.3. The van der Waals surface area contributed by atoms with Gasteiger partial charge in [-0.3, -0.25) is 0 Å². The highest BCUT2D eigenvalue weighted by Crippen LogP contribution is 2.61. The lowest BCUT2D eigenvalue weighted by Crippen LogP contribution is -2.03. The smallest absolute Gasteiger partial charge is 0.247 e. The topological polar surface area (TPSA) is 44.2 Å². The number of halogens is 1. The van der Waals surface area contributed by atoms with Crippen LogP contribution >= 0.6 is 28.7 Å². The lowest BCUT2D eigenvalue weighted by Gasteiger charge is -2.20. The van der Waals surface area contributed by atoms with Crippen LogP contribution in [0.3, 0.4) is 0 Å². The molecular weight excluding hydrogens is 347 g/mol. The Balaban J connectivity index is 2.77. The van der Waals surface area contributed by atoms with Gasteiger partial charge in [0.1, 0.15) is 11.0 Å². The summed E-state index contributed by atoms with van der Waals surface area (Å²) in [5.41, 5.74) is -1.57. The van der Waals surface area contributed by atoms with Gasteiger partial charge in [-0.2, -0.15) is 0 Å². The molecular formula is C13H22ClN2O2PS2. The van der Waals surface area contributed by atoms with E-state index in [1.807, 2.05) is 20.8 Å². The standard InChI is InChI=1S/C13H22ClN2O2PS2/c1-5-7-21-19(20,17-6-2)18-9-11-8-12(14)16-13(15-11)10(3)4/h8,10H,5-7,9H2,1-4H3/t19-/m0/s1. The van der Waals surface area contributed by atoms with Gasteiger partial charge >= 0.3 is 0 Å². The van der Waals surface area contributed by atoms with Crippen molar-refractivity contribution in [1.82, 2.24) is 9.97 Å². The number of hydrogen-bond donors (Lipinski definition) is 0. The molecule has 1 aromatic rings. The van der Waals surface area contributed by atoms with E-state index in [0.29, 0.717) is 24.2 Å². The zero-order valence-electron chi connectivity index (χ0n) is 12.8. The number of hydrogen-bond acceptors (Lipinski definition) is 6. The van der Waals surface area contributed by atoms with Gasteiger partial charge in [-0.05, 0) is 31.2 Å². The second-order valence-electron chi connectivity index (χ2n) is 4.67. The molecule has 0 fully saturated rings. The van der Waals surface area contributed by atoms with Crippen LogP contribution in [0, 0.1) is 0 Å². The minimum Gasteiger partial charge on any atom is -0.322 e. The van der Waals surface area contributed by atoms with E-state index in [4.69, 9.17) is 32.5 Å². The van der Waals surface area contributed by atoms with Gasteiger partial charge in [-0.25, -0.2) is 9.97 Å². The van der Waals surface area contributed by atoms with E-state index in [1.165, 1.54) is 0 Å². The summed E-state index contributed by atoms with van der Waals surface area (Å²) in [4.78, 5) is 8.67. The van der Waals surface area contributed by atoms with Gasteiger partial charge < -0.3 is 9.05 Å². The van der Waals surface area contributed by atoms with E-state index < -0.39 is 5.69 Å². The molecule has 0 saturated heterocycles. The van der Waals surface area contributed by atoms with Crippen LogP contribution in [0.2, 0.25) is 5.15 Å². The molecule has 0 spiro atoms. The predicted octanol–water partition coefficient (Wildman–Crippen LogP) is 5.17. The maximum atomic E-state index is 6.03. The Morgan fingerprint density at radius 2 is 2.05 bits per heavy atom. The normalized spacial score (nSPS) is 14.4. The van der Waals surface area contributed by atoms with Gasteiger partial charge in [-0.1, -0.05) is 43.8 Å². The van der Waals surface area contributed by atoms with Crippen molar-refractivity contribution in [1.29, 1.82) is 0 Å². The van der Waals surface area contributed by atoms with Crippen LogP contribution in [-0.2, 0) is 27.5 Å². The quantitative estimate of drug-likeness (QED) is 0.442. The second-order valence-corrected chi connectivity index (χ2v) is 11.5. The Morgan fingerprint density at radius 3 is 2.62 bits per heavy atom. The summed E-state index contributed by atoms with van der Waals surface area (Å²) in [5.74, 6) is 1.86. The minimum atomic E-state index is -2.31. The van der Waals surface area contributed by atoms with E-state index in [2.05, 4.69) is 16.9 Å². The Kier molecular flexibility index (Phi) is 8.69. The first-order valence-corrected chi connectivity index (χ1v) is 11.6. The summed E-state index contributed by atoms with van der Waals surface area (Å²) in [5, 5.41) is 0.429. The third-order valence-corrected chi connectivity index (χ3v) is 8.22. The van der Waals surface area contributed by atoms with E-state index >= 15 is 0 Å². The molecule has 0 bridgehead atoms. The van der Waals surface area contributed by atoms with Crippen LogP contribution in [0.15, 0.2) is 6.07 Å². The fraction of sp³-hybridized carbons (Fsp3) is 0.692. The van der Waals surface area contributed by atoms with E-state index in [9.17, 15) is 0 Å². The Morgan fingerprint density at radius 1 is 1.33 bits per heavy atom. The molecule has 21 heavy (non-hydrogen) atoms. The largest absolute Gasteiger partial charge is 0.322 e. The Labute approximate surface area is 141 Å². The molecule has 120 valence electrons. The van der Waals surface area contributed by atoms with Gasteiger partial charge in [0.25, 0.3) is 0 Å². The highest BCUT2D eigenvalue weighted by atomic mass is 35.5. The number of rotatable bonds is 9. The SMILES string of the molecule is CCCS[P@@](=S)(OCC)OCc1cc(Cl)nc(C(C)C)n1. The molecule has 0 N–H and O–H groups in total. The molecule has 0 aliphatic carbocycles. The molecule has 0 aliphatic rings. The monoisotopic (exact) mass is 368 g/mol. The number of nitrogens with zero attached hydrogens (tertiary/aromatic N) is 2. The minimum absolute atomic E-state index is 0.215. The summed E-state index contributed by atoms with van der Waals surface area (Å²) in [6, 6.07) is 1.71. The van der Waals surface area contributed by atoms with Crippen molar-refractivity contribution in [3.8, 4) is 0 Å². The number of aromatic nitrogens is 2. The molecule has 0 aliphatic heterocycles. The molecule has 0 unspecified atom stereocenters. The molecule has 0 saturated carbocycles. The molecule has 8 heteroatoms. The van der Waals surface area contributed by atoms with Crippen molar-refractivity contribution < 1.29 is 9.05 Å². The first-order valence-electron chi connectivity index (χ1n) is 6.97. The molecule has 1 atom stereocenters. The summed E-state index contributed by atoms with van der Waals surface area (Å²) in [7, 11) is 0. The average Bonchev–Trinajstić information content (AvgIpc) is 2.43. The Bertz CT molecular complexity index is 503. The third kappa shape index (κ3) is 6.93. The van der Waals surface area contributed by atoms with Crippen LogP contribution in [0.1, 0.15) is 51.6 Å². The molecule has 0 amide bonds. The van der Waals surface area contributed by atoms with Gasteiger partial charge in [0.05, 0.1) is 18.9 Å². The molecule has 4 nitrogen and oxygen atoms in total. The van der Waals surface area contributed by atoms with Crippen LogP contribution < -0.4 is 0 Å². The zero-order chi connectivity index (χ0) is 15.9. The second kappa shape index (κ2) is 9.43. The zero-order valence-corrected chi connectivity index (χ0v) is 16.1. The summed E-state index contributed by atoms with van der Waals surface area (Å²) >= 11 is 13.2. The molecule has 0 radical (unpaired) electrons. The Hall–Kier alpha value is 0.290. The van der Waals surface area contributed by atoms with Crippen molar-refractivity contribution in [3.05, 3.63) is 22.7 Å². The fourth-order valence-electron chi connectivity index (χ4n) is 1.43. The molecule has 1 rings (SSSR count). The fourth-order valence-corrected chi connectivity index (χ4v) is 6.17. The van der Waals surface area contributed by atoms with Crippen molar-refractivity contribution >= 4 is 40.5 Å². The van der Waals surface area contributed by atoms with Crippen molar-refractivity contribution in [3.63, 3.8) is 0 Å². The highest BCUT2D eigenvalue weighted by Gasteiger charge is 2.20. The lowest BCUT2D eigenvalue weighted by molar-refractivity contribution is 0.258. The first-order chi connectivity index (χ1) is 9.90. The van der Waals surface area contributed by atoms with Gasteiger partial charge in [0.15, 0.2) is 0 Å². The van der Waals surface area contributed by atoms with Crippen molar-refractivity contribution in [2.75, 3.05) is 12.4 Å². The molecule has 1 aromatic heterocycles. The predicted molar refractivity (Wildman–Crippen MR) is 94.6 cm³/mol. The molecule has 1 heterocycles. The lowest BCUT2D eigenvalue weighted by atomic mass is 10.2. The highest BCUT2D eigenvalue weighted by molar-refractivity contribution is 8.67. The summed E-state index contributed by atoms with van der Waals surface area (Å²) in [6.07, 6.45) is 1.04. The summed E-state index contributed by atoms with van der Waals surface area (Å²) < 4.78 is 11.5. The third-order valence-electron chi connectivity index (χ3n) is 2.39. The van der Waals surface area contributed by atoms with Crippen LogP contribution in [0.25, 0.3) is 0 Å². The van der Waals surface area contributed by atoms with Crippen molar-refractivity contribution in [2.24, 2.45) is 0 Å². The molecule has 0 aromatic carbocycles. The van der Waals surface area contributed by atoms with Crippen LogP contribution in [-0.4, -0.2) is 22.3 Å². The summed E-state index contributed by atoms with van der Waals surface area (Å²) in [6.45, 7) is 8.94.